The van der Waals surface area contributed by atoms with Crippen LogP contribution in [-0.4, -0.2) is 31.3 Å². The van der Waals surface area contributed by atoms with Gasteiger partial charge in [0, 0.05) is 6.54 Å². The second-order valence-corrected chi connectivity index (χ2v) is 5.46. The molecule has 1 aromatic carbocycles. The van der Waals surface area contributed by atoms with Crippen LogP contribution < -0.4 is 15.4 Å². The predicted molar refractivity (Wildman–Crippen MR) is 86.4 cm³/mol. The molecule has 2 rings (SSSR count). The molecule has 124 valence electrons. The summed E-state index contributed by atoms with van der Waals surface area (Å²) in [6, 6.07) is 10.7. The van der Waals surface area contributed by atoms with Crippen LogP contribution in [0.15, 0.2) is 47.1 Å². The summed E-state index contributed by atoms with van der Waals surface area (Å²) in [6.45, 7) is 2.13. The van der Waals surface area contributed by atoms with Gasteiger partial charge in [0.05, 0.1) is 19.9 Å². The second kappa shape index (κ2) is 7.69. The Morgan fingerprint density at radius 1 is 1.30 bits per heavy atom. The van der Waals surface area contributed by atoms with Crippen molar-refractivity contribution < 1.29 is 19.1 Å². The molecule has 1 unspecified atom stereocenters. The molecular weight excluding hydrogens is 296 g/mol. The molecule has 0 aliphatic carbocycles. The van der Waals surface area contributed by atoms with E-state index in [2.05, 4.69) is 10.6 Å². The van der Waals surface area contributed by atoms with E-state index in [0.29, 0.717) is 18.7 Å². The molecular formula is C17H22N2O4. The highest BCUT2D eigenvalue weighted by atomic mass is 16.5. The van der Waals surface area contributed by atoms with Gasteiger partial charge in [0.2, 0.25) is 0 Å². The van der Waals surface area contributed by atoms with Crippen LogP contribution in [0.5, 0.6) is 5.75 Å². The maximum atomic E-state index is 11.8. The summed E-state index contributed by atoms with van der Waals surface area (Å²) in [4.78, 5) is 11.8. The molecule has 6 nitrogen and oxygen atoms in total. The molecule has 0 fully saturated rings. The van der Waals surface area contributed by atoms with Gasteiger partial charge < -0.3 is 24.9 Å². The van der Waals surface area contributed by atoms with Gasteiger partial charge in [0.15, 0.2) is 0 Å². The van der Waals surface area contributed by atoms with Gasteiger partial charge in [-0.15, -0.1) is 0 Å². The first-order valence-corrected chi connectivity index (χ1v) is 7.42. The van der Waals surface area contributed by atoms with Crippen molar-refractivity contribution in [1.29, 1.82) is 0 Å². The molecule has 0 aliphatic heterocycles. The molecule has 0 spiro atoms. The SMILES string of the molecule is COc1cccc(CCNC(=O)NCC(C)(O)c2ccco2)c1. The number of carbonyl (C=O) groups excluding carboxylic acids is 1. The van der Waals surface area contributed by atoms with Crippen molar-refractivity contribution in [3.8, 4) is 5.75 Å². The van der Waals surface area contributed by atoms with Crippen LogP contribution in [0.2, 0.25) is 0 Å². The molecule has 2 amide bonds. The van der Waals surface area contributed by atoms with Crippen LogP contribution in [0.1, 0.15) is 18.2 Å². The highest BCUT2D eigenvalue weighted by Crippen LogP contribution is 2.19. The topological polar surface area (TPSA) is 83.7 Å². The Morgan fingerprint density at radius 3 is 2.83 bits per heavy atom. The Kier molecular flexibility index (Phi) is 5.65. The van der Waals surface area contributed by atoms with Gasteiger partial charge in [0.1, 0.15) is 17.1 Å². The van der Waals surface area contributed by atoms with E-state index in [1.807, 2.05) is 24.3 Å². The highest BCUT2D eigenvalue weighted by molar-refractivity contribution is 5.73. The third-order valence-corrected chi connectivity index (χ3v) is 3.48. The summed E-state index contributed by atoms with van der Waals surface area (Å²) in [5, 5.41) is 15.6. The molecule has 0 radical (unpaired) electrons. The fourth-order valence-electron chi connectivity index (χ4n) is 2.14. The number of rotatable bonds is 7. The molecule has 1 atom stereocenters. The van der Waals surface area contributed by atoms with Gasteiger partial charge in [0.25, 0.3) is 0 Å². The van der Waals surface area contributed by atoms with E-state index in [9.17, 15) is 9.90 Å². The lowest BCUT2D eigenvalue weighted by molar-refractivity contribution is 0.0367. The van der Waals surface area contributed by atoms with E-state index < -0.39 is 5.60 Å². The number of amides is 2. The summed E-state index contributed by atoms with van der Waals surface area (Å²) in [7, 11) is 1.62. The van der Waals surface area contributed by atoms with Crippen LogP contribution in [0.4, 0.5) is 4.79 Å². The second-order valence-electron chi connectivity index (χ2n) is 5.46. The first-order chi connectivity index (χ1) is 11.0. The predicted octanol–water partition coefficient (Wildman–Crippen LogP) is 2.04. The van der Waals surface area contributed by atoms with Crippen molar-refractivity contribution in [2.45, 2.75) is 18.9 Å². The molecule has 6 heteroatoms. The third-order valence-electron chi connectivity index (χ3n) is 3.48. The van der Waals surface area contributed by atoms with Crippen LogP contribution in [0, 0.1) is 0 Å². The van der Waals surface area contributed by atoms with Crippen molar-refractivity contribution >= 4 is 6.03 Å². The van der Waals surface area contributed by atoms with Crippen molar-refractivity contribution in [3.05, 3.63) is 54.0 Å². The quantitative estimate of drug-likeness (QED) is 0.729. The van der Waals surface area contributed by atoms with Gasteiger partial charge in [-0.25, -0.2) is 4.79 Å². The fraction of sp³-hybridized carbons (Fsp3) is 0.353. The molecule has 2 aromatic rings. The van der Waals surface area contributed by atoms with Crippen LogP contribution in [0.3, 0.4) is 0 Å². The van der Waals surface area contributed by atoms with E-state index in [0.717, 1.165) is 11.3 Å². The number of furan rings is 1. The van der Waals surface area contributed by atoms with Gasteiger partial charge >= 0.3 is 6.03 Å². The highest BCUT2D eigenvalue weighted by Gasteiger charge is 2.26. The Balaban J connectivity index is 1.73. The molecule has 3 N–H and O–H groups in total. The number of methoxy groups -OCH3 is 1. The van der Waals surface area contributed by atoms with E-state index in [-0.39, 0.29) is 12.6 Å². The average Bonchev–Trinajstić information content (AvgIpc) is 3.09. The summed E-state index contributed by atoms with van der Waals surface area (Å²) in [5.74, 6) is 1.20. The minimum Gasteiger partial charge on any atom is -0.497 e. The van der Waals surface area contributed by atoms with Gasteiger partial charge in [-0.1, -0.05) is 12.1 Å². The van der Waals surface area contributed by atoms with Gasteiger partial charge in [-0.2, -0.15) is 0 Å². The normalized spacial score (nSPS) is 13.2. The van der Waals surface area contributed by atoms with Crippen molar-refractivity contribution in [3.63, 3.8) is 0 Å². The Bertz CT molecular complexity index is 623. The van der Waals surface area contributed by atoms with E-state index in [1.54, 1.807) is 26.2 Å². The fourth-order valence-corrected chi connectivity index (χ4v) is 2.14. The maximum Gasteiger partial charge on any atom is 0.314 e. The van der Waals surface area contributed by atoms with Crippen molar-refractivity contribution in [2.24, 2.45) is 0 Å². The number of hydrogen-bond donors (Lipinski definition) is 3. The zero-order valence-corrected chi connectivity index (χ0v) is 13.3. The zero-order valence-electron chi connectivity index (χ0n) is 13.3. The number of urea groups is 1. The minimum absolute atomic E-state index is 0.0610. The Morgan fingerprint density at radius 2 is 2.13 bits per heavy atom. The molecule has 1 heterocycles. The largest absolute Gasteiger partial charge is 0.497 e. The number of ether oxygens (including phenoxy) is 1. The summed E-state index contributed by atoms with van der Waals surface area (Å²) < 4.78 is 10.3. The lowest BCUT2D eigenvalue weighted by atomic mass is 10.0. The van der Waals surface area contributed by atoms with Crippen LogP contribution in [0.25, 0.3) is 0 Å². The van der Waals surface area contributed by atoms with Crippen LogP contribution >= 0.6 is 0 Å². The van der Waals surface area contributed by atoms with Crippen molar-refractivity contribution in [1.82, 2.24) is 10.6 Å². The van der Waals surface area contributed by atoms with Crippen LogP contribution in [-0.2, 0) is 12.0 Å². The third kappa shape index (κ3) is 5.03. The first-order valence-electron chi connectivity index (χ1n) is 7.42. The summed E-state index contributed by atoms with van der Waals surface area (Å²) >= 11 is 0. The van der Waals surface area contributed by atoms with E-state index >= 15 is 0 Å². The number of aliphatic hydroxyl groups is 1. The number of benzene rings is 1. The maximum absolute atomic E-state index is 11.8. The molecule has 0 saturated heterocycles. The number of carbonyl (C=O) groups is 1. The molecule has 23 heavy (non-hydrogen) atoms. The zero-order chi connectivity index (χ0) is 16.7. The number of nitrogens with one attached hydrogen (secondary N) is 2. The Hall–Kier alpha value is -2.47. The standard InChI is InChI=1S/C17H22N2O4/c1-17(21,15-7-4-10-23-15)12-19-16(20)18-9-8-13-5-3-6-14(11-13)22-2/h3-7,10-11,21H,8-9,12H2,1-2H3,(H2,18,19,20). The van der Waals surface area contributed by atoms with Crippen molar-refractivity contribution in [2.75, 3.05) is 20.2 Å². The smallest absolute Gasteiger partial charge is 0.314 e. The number of hydrogen-bond acceptors (Lipinski definition) is 4. The molecule has 0 saturated carbocycles. The summed E-state index contributed by atoms with van der Waals surface area (Å²) in [6.07, 6.45) is 2.18. The lowest BCUT2D eigenvalue weighted by Crippen LogP contribution is -2.43. The van der Waals surface area contributed by atoms with Gasteiger partial charge in [-0.3, -0.25) is 0 Å². The lowest BCUT2D eigenvalue weighted by Gasteiger charge is -2.21. The first kappa shape index (κ1) is 16.9. The van der Waals surface area contributed by atoms with E-state index in [4.69, 9.17) is 9.15 Å². The van der Waals surface area contributed by atoms with E-state index in [1.165, 1.54) is 6.26 Å². The summed E-state index contributed by atoms with van der Waals surface area (Å²) in [5.41, 5.74) is -0.166. The molecule has 0 bridgehead atoms. The average molecular weight is 318 g/mol. The van der Waals surface area contributed by atoms with Gasteiger partial charge in [-0.05, 0) is 43.2 Å². The Labute approximate surface area is 135 Å². The molecule has 1 aromatic heterocycles. The monoisotopic (exact) mass is 318 g/mol. The minimum atomic E-state index is -1.24. The molecule has 0 aliphatic rings.